The van der Waals surface area contributed by atoms with Gasteiger partial charge in [-0.3, -0.25) is 4.48 Å². The molecule has 0 spiro atoms. The maximum Gasteiger partial charge on any atom is 0.132 e. The first-order valence-electron chi connectivity index (χ1n) is 4.30. The fourth-order valence-electron chi connectivity index (χ4n) is 1.34. The molecule has 2 heteroatoms. The van der Waals surface area contributed by atoms with Crippen LogP contribution in [0.1, 0.15) is 11.1 Å². The molecule has 0 fully saturated rings. The van der Waals surface area contributed by atoms with Gasteiger partial charge in [-0.15, -0.1) is 0 Å². The van der Waals surface area contributed by atoms with Crippen LogP contribution in [0.5, 0.6) is 0 Å². The third-order valence-electron chi connectivity index (χ3n) is 1.98. The minimum absolute atomic E-state index is 0. The Morgan fingerprint density at radius 1 is 0.846 bits per heavy atom. The van der Waals surface area contributed by atoms with E-state index in [1.807, 2.05) is 0 Å². The van der Waals surface area contributed by atoms with Crippen LogP contribution in [0.15, 0.2) is 18.2 Å². The fourth-order valence-corrected chi connectivity index (χ4v) is 1.34. The Kier molecular flexibility index (Phi) is 3.64. The van der Waals surface area contributed by atoms with Crippen molar-refractivity contribution in [3.05, 3.63) is 29.3 Å². The number of hydrogen-bond acceptors (Lipinski definition) is 1. The van der Waals surface area contributed by atoms with Gasteiger partial charge in [0.2, 0.25) is 0 Å². The van der Waals surface area contributed by atoms with E-state index in [4.69, 9.17) is 0 Å². The van der Waals surface area contributed by atoms with Gasteiger partial charge >= 0.3 is 0 Å². The highest BCUT2D eigenvalue weighted by Crippen LogP contribution is 2.20. The topological polar surface area (TPSA) is 30.0 Å². The third-order valence-corrected chi connectivity index (χ3v) is 1.98. The van der Waals surface area contributed by atoms with Gasteiger partial charge in [-0.25, -0.2) is 0 Å². The largest absolute Gasteiger partial charge is 0.870 e. The van der Waals surface area contributed by atoms with Gasteiger partial charge in [-0.1, -0.05) is 6.07 Å². The monoisotopic (exact) mass is 181 g/mol. The lowest BCUT2D eigenvalue weighted by molar-refractivity contribution is 0.486. The predicted octanol–water partition coefficient (Wildman–Crippen LogP) is 2.32. The summed E-state index contributed by atoms with van der Waals surface area (Å²) in [5.74, 6) is 0. The van der Waals surface area contributed by atoms with Crippen LogP contribution in [-0.2, 0) is 0 Å². The van der Waals surface area contributed by atoms with Crippen molar-refractivity contribution in [3.8, 4) is 0 Å². The van der Waals surface area contributed by atoms with E-state index in [2.05, 4.69) is 53.2 Å². The summed E-state index contributed by atoms with van der Waals surface area (Å²) >= 11 is 0. The van der Waals surface area contributed by atoms with Crippen LogP contribution in [0.3, 0.4) is 0 Å². The van der Waals surface area contributed by atoms with Crippen LogP contribution in [0.2, 0.25) is 0 Å². The second-order valence-electron chi connectivity index (χ2n) is 4.36. The van der Waals surface area contributed by atoms with Crippen molar-refractivity contribution in [2.75, 3.05) is 21.1 Å². The van der Waals surface area contributed by atoms with Crippen LogP contribution >= 0.6 is 0 Å². The van der Waals surface area contributed by atoms with Crippen molar-refractivity contribution in [1.82, 2.24) is 4.48 Å². The predicted molar refractivity (Wildman–Crippen MR) is 57.4 cm³/mol. The molecular weight excluding hydrogens is 162 g/mol. The zero-order chi connectivity index (χ0) is 9.35. The second-order valence-corrected chi connectivity index (χ2v) is 4.36. The maximum absolute atomic E-state index is 2.24. The number of nitrogens with zero attached hydrogens (tertiary/aromatic N) is 1. The summed E-state index contributed by atoms with van der Waals surface area (Å²) in [6.45, 7) is 4.29. The highest BCUT2D eigenvalue weighted by atomic mass is 16.0. The molecule has 0 radical (unpaired) electrons. The molecule has 0 aliphatic carbocycles. The van der Waals surface area contributed by atoms with Gasteiger partial charge in [-0.2, -0.15) is 0 Å². The molecule has 0 aliphatic rings. The highest BCUT2D eigenvalue weighted by molar-refractivity contribution is 5.46. The highest BCUT2D eigenvalue weighted by Gasteiger charge is 2.11. The van der Waals surface area contributed by atoms with Crippen LogP contribution in [-0.4, -0.2) is 26.6 Å². The van der Waals surface area contributed by atoms with Crippen LogP contribution in [0.25, 0.3) is 0 Å². The molecular formula is C11H19NO. The molecule has 74 valence electrons. The molecule has 2 nitrogen and oxygen atoms in total. The Morgan fingerprint density at radius 2 is 1.23 bits per heavy atom. The first kappa shape index (κ1) is 12.1. The SMILES string of the molecule is Cc1cc(C)cc([N+](C)(C)C)c1.[OH-]. The Balaban J connectivity index is 0.00000144. The van der Waals surface area contributed by atoms with Crippen molar-refractivity contribution < 1.29 is 5.48 Å². The van der Waals surface area contributed by atoms with Crippen molar-refractivity contribution >= 4 is 5.69 Å². The van der Waals surface area contributed by atoms with Crippen molar-refractivity contribution in [2.45, 2.75) is 13.8 Å². The lowest BCUT2D eigenvalue weighted by atomic mass is 10.1. The van der Waals surface area contributed by atoms with Gasteiger partial charge in [0.25, 0.3) is 0 Å². The summed E-state index contributed by atoms with van der Waals surface area (Å²) in [7, 11) is 6.57. The molecule has 0 atom stereocenters. The molecule has 1 aromatic carbocycles. The molecule has 0 unspecified atom stereocenters. The summed E-state index contributed by atoms with van der Waals surface area (Å²) < 4.78 is 0.891. The maximum atomic E-state index is 2.24. The number of quaternary nitrogens is 1. The van der Waals surface area contributed by atoms with Crippen molar-refractivity contribution in [3.63, 3.8) is 0 Å². The Bertz CT molecular complexity index is 266. The minimum Gasteiger partial charge on any atom is -0.870 e. The molecule has 13 heavy (non-hydrogen) atoms. The molecule has 0 bridgehead atoms. The van der Waals surface area contributed by atoms with E-state index >= 15 is 0 Å². The molecule has 0 saturated carbocycles. The van der Waals surface area contributed by atoms with Gasteiger partial charge in [0.05, 0.1) is 21.1 Å². The quantitative estimate of drug-likeness (QED) is 0.611. The molecule has 0 aliphatic heterocycles. The van der Waals surface area contributed by atoms with E-state index in [-0.39, 0.29) is 5.48 Å². The van der Waals surface area contributed by atoms with Gasteiger partial charge in [-0.05, 0) is 25.0 Å². The molecule has 0 aromatic heterocycles. The zero-order valence-corrected chi connectivity index (χ0v) is 9.13. The number of benzene rings is 1. The lowest BCUT2D eigenvalue weighted by Gasteiger charge is -2.24. The Hall–Kier alpha value is -0.860. The van der Waals surface area contributed by atoms with E-state index in [0.29, 0.717) is 0 Å². The summed E-state index contributed by atoms with van der Waals surface area (Å²) in [6, 6.07) is 6.69. The smallest absolute Gasteiger partial charge is 0.132 e. The van der Waals surface area contributed by atoms with E-state index in [0.717, 1.165) is 4.48 Å². The van der Waals surface area contributed by atoms with E-state index < -0.39 is 0 Å². The van der Waals surface area contributed by atoms with E-state index in [1.54, 1.807) is 0 Å². The van der Waals surface area contributed by atoms with Gasteiger partial charge in [0, 0.05) is 12.1 Å². The average Bonchev–Trinajstić information content (AvgIpc) is 1.82. The normalized spacial score (nSPS) is 10.8. The standard InChI is InChI=1S/C11H18N.H2O/c1-9-6-10(2)8-11(7-9)12(3,4)5;/h6-8H,1-5H3;1H2/q+1;/p-1. The summed E-state index contributed by atoms with van der Waals surface area (Å²) in [4.78, 5) is 0. The molecule has 0 amide bonds. The average molecular weight is 181 g/mol. The van der Waals surface area contributed by atoms with Crippen LogP contribution in [0, 0.1) is 13.8 Å². The van der Waals surface area contributed by atoms with Crippen LogP contribution < -0.4 is 4.48 Å². The number of aryl methyl sites for hydroxylation is 2. The first-order valence-corrected chi connectivity index (χ1v) is 4.30. The Morgan fingerprint density at radius 3 is 1.54 bits per heavy atom. The molecule has 1 aromatic rings. The van der Waals surface area contributed by atoms with E-state index in [1.165, 1.54) is 16.8 Å². The summed E-state index contributed by atoms with van der Waals surface area (Å²) in [5, 5.41) is 0. The molecule has 0 saturated heterocycles. The fraction of sp³-hybridized carbons (Fsp3) is 0.455. The van der Waals surface area contributed by atoms with Crippen molar-refractivity contribution in [1.29, 1.82) is 0 Å². The number of rotatable bonds is 1. The van der Waals surface area contributed by atoms with Gasteiger partial charge in [0.1, 0.15) is 5.69 Å². The Labute approximate surface area is 80.7 Å². The van der Waals surface area contributed by atoms with Gasteiger partial charge < -0.3 is 5.48 Å². The zero-order valence-electron chi connectivity index (χ0n) is 9.13. The minimum atomic E-state index is 0. The lowest BCUT2D eigenvalue weighted by Crippen LogP contribution is -2.34. The summed E-state index contributed by atoms with van der Waals surface area (Å²) in [5.41, 5.74) is 4.06. The van der Waals surface area contributed by atoms with Crippen molar-refractivity contribution in [2.24, 2.45) is 0 Å². The molecule has 0 heterocycles. The van der Waals surface area contributed by atoms with E-state index in [9.17, 15) is 0 Å². The summed E-state index contributed by atoms with van der Waals surface area (Å²) in [6.07, 6.45) is 0. The molecule has 1 rings (SSSR count). The third kappa shape index (κ3) is 3.17. The number of hydrogen-bond donors (Lipinski definition) is 0. The van der Waals surface area contributed by atoms with Crippen LogP contribution in [0.4, 0.5) is 5.69 Å². The van der Waals surface area contributed by atoms with Gasteiger partial charge in [0.15, 0.2) is 0 Å². The molecule has 1 N–H and O–H groups in total. The second kappa shape index (κ2) is 3.90. The first-order chi connectivity index (χ1) is 5.39.